The molecule has 0 aromatic heterocycles. The Kier molecular flexibility index (Phi) is 5.62. The summed E-state index contributed by atoms with van der Waals surface area (Å²) in [6.45, 7) is 13.8. The number of aliphatic hydroxyl groups is 1. The van der Waals surface area contributed by atoms with Crippen molar-refractivity contribution in [2.75, 3.05) is 0 Å². The zero-order valence-corrected chi connectivity index (χ0v) is 18.9. The van der Waals surface area contributed by atoms with Crippen molar-refractivity contribution in [3.63, 3.8) is 0 Å². The maximum Gasteiger partial charge on any atom is 0.0577 e. The molecule has 4 aliphatic rings. The Morgan fingerprint density at radius 2 is 1.82 bits per heavy atom. The standard InChI is InChI=1S/C27H44O/c1-18(2)9-8-10-19(3)21-12-13-22-25-23(14-16-27(21,22)5)26(4)15-7-6-11-20(26)17-24(25)28/h8-9,19-25,28H,1,6-7,10-17H2,2-5H3/t19?,20?,21-,22+,23+,24?,25+,26+,27-/m1/s1. The third-order valence-electron chi connectivity index (χ3n) is 10.3. The van der Waals surface area contributed by atoms with Gasteiger partial charge in [-0.2, -0.15) is 0 Å². The van der Waals surface area contributed by atoms with Gasteiger partial charge in [0.25, 0.3) is 0 Å². The van der Waals surface area contributed by atoms with Crippen LogP contribution in [0.1, 0.15) is 91.9 Å². The Morgan fingerprint density at radius 1 is 1.07 bits per heavy atom. The van der Waals surface area contributed by atoms with Crippen LogP contribution in [0.4, 0.5) is 0 Å². The van der Waals surface area contributed by atoms with E-state index >= 15 is 0 Å². The molecule has 4 rings (SSSR count). The van der Waals surface area contributed by atoms with Crippen molar-refractivity contribution in [1.82, 2.24) is 0 Å². The number of hydrogen-bond acceptors (Lipinski definition) is 1. The number of aliphatic hydroxyl groups excluding tert-OH is 1. The molecule has 0 amide bonds. The second-order valence-corrected chi connectivity index (χ2v) is 11.7. The molecule has 0 aromatic rings. The van der Waals surface area contributed by atoms with Gasteiger partial charge in [0.05, 0.1) is 6.10 Å². The zero-order chi connectivity index (χ0) is 20.1. The van der Waals surface area contributed by atoms with Crippen LogP contribution in [-0.4, -0.2) is 11.2 Å². The normalized spacial score (nSPS) is 49.3. The number of allylic oxidation sites excluding steroid dienone is 3. The van der Waals surface area contributed by atoms with Crippen LogP contribution >= 0.6 is 0 Å². The van der Waals surface area contributed by atoms with Crippen molar-refractivity contribution >= 4 is 0 Å². The SMILES string of the molecule is C=C(C)C=CCC(C)[C@H]1CC[C@H]2[C@@H]3C(O)CC4CCCC[C@]4(C)[C@H]3CC[C@]12C. The lowest BCUT2D eigenvalue weighted by atomic mass is 9.44. The van der Waals surface area contributed by atoms with Crippen molar-refractivity contribution < 1.29 is 5.11 Å². The maximum atomic E-state index is 11.3. The topological polar surface area (TPSA) is 20.2 Å². The van der Waals surface area contributed by atoms with Crippen LogP contribution in [0.25, 0.3) is 0 Å². The van der Waals surface area contributed by atoms with Gasteiger partial charge in [-0.3, -0.25) is 0 Å². The highest BCUT2D eigenvalue weighted by molar-refractivity contribution is 5.13. The summed E-state index contributed by atoms with van der Waals surface area (Å²) in [4.78, 5) is 0. The molecule has 0 bridgehead atoms. The smallest absolute Gasteiger partial charge is 0.0577 e. The fraction of sp³-hybridized carbons (Fsp3) is 0.852. The molecule has 4 saturated carbocycles. The number of hydrogen-bond donors (Lipinski definition) is 1. The molecule has 0 aliphatic heterocycles. The van der Waals surface area contributed by atoms with Gasteiger partial charge in [-0.15, -0.1) is 0 Å². The molecular weight excluding hydrogens is 340 g/mol. The van der Waals surface area contributed by atoms with E-state index in [-0.39, 0.29) is 6.10 Å². The van der Waals surface area contributed by atoms with Gasteiger partial charge in [-0.05, 0) is 105 Å². The molecule has 28 heavy (non-hydrogen) atoms. The molecule has 9 atom stereocenters. The van der Waals surface area contributed by atoms with E-state index in [1.165, 1.54) is 57.8 Å². The lowest BCUT2D eigenvalue weighted by Gasteiger charge is -2.62. The van der Waals surface area contributed by atoms with Gasteiger partial charge in [0.15, 0.2) is 0 Å². The molecule has 1 nitrogen and oxygen atoms in total. The molecule has 3 unspecified atom stereocenters. The largest absolute Gasteiger partial charge is 0.393 e. The summed E-state index contributed by atoms with van der Waals surface area (Å²) in [6, 6.07) is 0. The van der Waals surface area contributed by atoms with E-state index in [0.29, 0.717) is 16.7 Å². The second-order valence-electron chi connectivity index (χ2n) is 11.7. The van der Waals surface area contributed by atoms with Crippen molar-refractivity contribution in [2.24, 2.45) is 46.3 Å². The van der Waals surface area contributed by atoms with Crippen molar-refractivity contribution in [3.05, 3.63) is 24.3 Å². The first-order chi connectivity index (χ1) is 13.3. The molecule has 4 fully saturated rings. The Labute approximate surface area is 174 Å². The molecule has 0 saturated heterocycles. The van der Waals surface area contributed by atoms with Crippen molar-refractivity contribution in [2.45, 2.75) is 98.0 Å². The highest BCUT2D eigenvalue weighted by Crippen LogP contribution is 2.68. The molecule has 0 aromatic carbocycles. The first kappa shape index (κ1) is 20.7. The van der Waals surface area contributed by atoms with Crippen LogP contribution in [0.2, 0.25) is 0 Å². The molecule has 4 aliphatic carbocycles. The number of fused-ring (bicyclic) bond motifs is 5. The molecule has 0 heterocycles. The van der Waals surface area contributed by atoms with E-state index in [2.05, 4.69) is 46.4 Å². The van der Waals surface area contributed by atoms with E-state index in [1.807, 2.05) is 0 Å². The van der Waals surface area contributed by atoms with E-state index in [9.17, 15) is 5.11 Å². The van der Waals surface area contributed by atoms with Gasteiger partial charge >= 0.3 is 0 Å². The summed E-state index contributed by atoms with van der Waals surface area (Å²) in [7, 11) is 0. The number of rotatable bonds is 4. The minimum absolute atomic E-state index is 0.0387. The van der Waals surface area contributed by atoms with E-state index in [1.54, 1.807) is 0 Å². The first-order valence-electron chi connectivity index (χ1n) is 12.3. The predicted molar refractivity (Wildman–Crippen MR) is 119 cm³/mol. The van der Waals surface area contributed by atoms with Gasteiger partial charge < -0.3 is 5.11 Å². The summed E-state index contributed by atoms with van der Waals surface area (Å²) in [5.41, 5.74) is 2.11. The third kappa shape index (κ3) is 3.24. The van der Waals surface area contributed by atoms with Crippen LogP contribution in [0.15, 0.2) is 24.3 Å². The van der Waals surface area contributed by atoms with Gasteiger partial charge in [0.2, 0.25) is 0 Å². The van der Waals surface area contributed by atoms with Crippen molar-refractivity contribution in [1.29, 1.82) is 0 Å². The fourth-order valence-corrected chi connectivity index (χ4v) is 8.88. The first-order valence-corrected chi connectivity index (χ1v) is 12.3. The van der Waals surface area contributed by atoms with Gasteiger partial charge in [-0.1, -0.05) is 57.9 Å². The summed E-state index contributed by atoms with van der Waals surface area (Å²) in [5, 5.41) is 11.3. The fourth-order valence-electron chi connectivity index (χ4n) is 8.88. The summed E-state index contributed by atoms with van der Waals surface area (Å²) in [6.07, 6.45) is 17.9. The average Bonchev–Trinajstić information content (AvgIpc) is 2.99. The van der Waals surface area contributed by atoms with E-state index in [0.717, 1.165) is 41.6 Å². The lowest BCUT2D eigenvalue weighted by Crippen LogP contribution is -2.57. The Hall–Kier alpha value is -0.560. The van der Waals surface area contributed by atoms with Gasteiger partial charge in [-0.25, -0.2) is 0 Å². The van der Waals surface area contributed by atoms with Crippen LogP contribution in [0, 0.1) is 46.3 Å². The molecule has 0 radical (unpaired) electrons. The van der Waals surface area contributed by atoms with Crippen LogP contribution in [-0.2, 0) is 0 Å². The molecule has 158 valence electrons. The molecular formula is C27H44O. The summed E-state index contributed by atoms with van der Waals surface area (Å²) in [5.74, 6) is 4.43. The van der Waals surface area contributed by atoms with Crippen LogP contribution < -0.4 is 0 Å². The molecule has 1 N–H and O–H groups in total. The van der Waals surface area contributed by atoms with Gasteiger partial charge in [0.1, 0.15) is 0 Å². The molecule has 1 heteroatoms. The van der Waals surface area contributed by atoms with Gasteiger partial charge in [0, 0.05) is 0 Å². The summed E-state index contributed by atoms with van der Waals surface area (Å²) < 4.78 is 0. The monoisotopic (exact) mass is 384 g/mol. The maximum absolute atomic E-state index is 11.3. The second kappa shape index (κ2) is 7.60. The van der Waals surface area contributed by atoms with Crippen molar-refractivity contribution in [3.8, 4) is 0 Å². The highest BCUT2D eigenvalue weighted by Gasteiger charge is 2.62. The Bertz CT molecular complexity index is 620. The minimum atomic E-state index is -0.0387. The Balaban J connectivity index is 1.54. The third-order valence-corrected chi connectivity index (χ3v) is 10.3. The minimum Gasteiger partial charge on any atom is -0.393 e. The average molecular weight is 385 g/mol. The Morgan fingerprint density at radius 3 is 2.57 bits per heavy atom. The van der Waals surface area contributed by atoms with Crippen LogP contribution in [0.5, 0.6) is 0 Å². The molecule has 0 spiro atoms. The lowest BCUT2D eigenvalue weighted by molar-refractivity contribution is -0.164. The quantitative estimate of drug-likeness (QED) is 0.510. The summed E-state index contributed by atoms with van der Waals surface area (Å²) >= 11 is 0. The zero-order valence-electron chi connectivity index (χ0n) is 18.9. The highest BCUT2D eigenvalue weighted by atomic mass is 16.3. The van der Waals surface area contributed by atoms with E-state index in [4.69, 9.17) is 0 Å². The predicted octanol–water partition coefficient (Wildman–Crippen LogP) is 7.16. The van der Waals surface area contributed by atoms with Crippen LogP contribution in [0.3, 0.4) is 0 Å². The van der Waals surface area contributed by atoms with E-state index < -0.39 is 0 Å².